The maximum absolute atomic E-state index is 12.9. The normalized spacial score (nSPS) is 14.0. The Labute approximate surface area is 137 Å². The average molecular weight is 327 g/mol. The van der Waals surface area contributed by atoms with E-state index in [1.165, 1.54) is 41.6 Å². The Bertz CT molecular complexity index is 782. The van der Waals surface area contributed by atoms with Crippen LogP contribution in [0, 0.1) is 12.7 Å². The Hall–Kier alpha value is -2.47. The summed E-state index contributed by atoms with van der Waals surface area (Å²) >= 11 is 1.41. The van der Waals surface area contributed by atoms with E-state index in [2.05, 4.69) is 15.5 Å². The molecule has 23 heavy (non-hydrogen) atoms. The Morgan fingerprint density at radius 1 is 1.09 bits per heavy atom. The Kier molecular flexibility index (Phi) is 4.52. The summed E-state index contributed by atoms with van der Waals surface area (Å²) in [5, 5.41) is 11.4. The molecule has 1 N–H and O–H groups in total. The fourth-order valence-corrected chi connectivity index (χ4v) is 2.78. The van der Waals surface area contributed by atoms with Crippen LogP contribution in [0.15, 0.2) is 58.7 Å². The van der Waals surface area contributed by atoms with Gasteiger partial charge < -0.3 is 0 Å². The number of halogens is 1. The molecule has 1 aliphatic rings. The van der Waals surface area contributed by atoms with E-state index in [0.29, 0.717) is 16.5 Å². The average Bonchev–Trinajstić information content (AvgIpc) is 2.57. The fourth-order valence-electron chi connectivity index (χ4n) is 2.02. The van der Waals surface area contributed by atoms with Gasteiger partial charge >= 0.3 is 0 Å². The van der Waals surface area contributed by atoms with Gasteiger partial charge in [0.05, 0.1) is 5.71 Å². The second-order valence-corrected chi connectivity index (χ2v) is 6.03. The summed E-state index contributed by atoms with van der Waals surface area (Å²) in [7, 11) is 0. The first kappa shape index (κ1) is 15.4. The number of benzene rings is 2. The molecule has 0 aromatic heterocycles. The summed E-state index contributed by atoms with van der Waals surface area (Å²) in [6.07, 6.45) is 0. The van der Waals surface area contributed by atoms with Gasteiger partial charge in [-0.3, -0.25) is 10.1 Å². The lowest BCUT2D eigenvalue weighted by Gasteiger charge is -2.13. The van der Waals surface area contributed by atoms with Crippen molar-refractivity contribution in [2.45, 2.75) is 6.92 Å². The lowest BCUT2D eigenvalue weighted by molar-refractivity contribution is 0.0978. The molecule has 0 aliphatic carbocycles. The second kappa shape index (κ2) is 6.75. The molecule has 0 radical (unpaired) electrons. The number of amidine groups is 1. The van der Waals surface area contributed by atoms with Gasteiger partial charge in [-0.2, -0.15) is 5.10 Å². The van der Waals surface area contributed by atoms with Crippen LogP contribution in [-0.4, -0.2) is 22.5 Å². The van der Waals surface area contributed by atoms with Gasteiger partial charge in [0.15, 0.2) is 5.17 Å². The molecular formula is C17H14FN3OS. The third kappa shape index (κ3) is 3.84. The smallest absolute Gasteiger partial charge is 0.257 e. The molecule has 1 heterocycles. The maximum atomic E-state index is 12.9. The molecule has 2 aromatic rings. The van der Waals surface area contributed by atoms with E-state index in [0.717, 1.165) is 11.3 Å². The van der Waals surface area contributed by atoms with Crippen LogP contribution in [0.2, 0.25) is 0 Å². The van der Waals surface area contributed by atoms with Gasteiger partial charge in [-0.05, 0) is 36.8 Å². The van der Waals surface area contributed by atoms with E-state index in [-0.39, 0.29) is 11.7 Å². The SMILES string of the molecule is Cc1ccc(C2=NN=C(NC(=O)c3ccc(F)cc3)SC2)cc1. The van der Waals surface area contributed by atoms with Crippen LogP contribution in [0.5, 0.6) is 0 Å². The van der Waals surface area contributed by atoms with Crippen molar-refractivity contribution < 1.29 is 9.18 Å². The molecule has 116 valence electrons. The van der Waals surface area contributed by atoms with E-state index >= 15 is 0 Å². The summed E-state index contributed by atoms with van der Waals surface area (Å²) in [5.41, 5.74) is 3.46. The number of thioether (sulfide) groups is 1. The Balaban J connectivity index is 1.69. The van der Waals surface area contributed by atoms with E-state index in [9.17, 15) is 9.18 Å². The zero-order valence-corrected chi connectivity index (χ0v) is 13.2. The van der Waals surface area contributed by atoms with Crippen molar-refractivity contribution in [2.75, 3.05) is 5.75 Å². The van der Waals surface area contributed by atoms with Crippen LogP contribution >= 0.6 is 11.8 Å². The van der Waals surface area contributed by atoms with Crippen LogP contribution in [-0.2, 0) is 0 Å². The highest BCUT2D eigenvalue weighted by molar-refractivity contribution is 8.14. The van der Waals surface area contributed by atoms with Crippen molar-refractivity contribution in [1.29, 1.82) is 0 Å². The second-order valence-electron chi connectivity index (χ2n) is 5.07. The molecule has 0 saturated heterocycles. The highest BCUT2D eigenvalue weighted by Crippen LogP contribution is 2.15. The van der Waals surface area contributed by atoms with Gasteiger partial charge in [0.25, 0.3) is 5.91 Å². The number of amides is 1. The Morgan fingerprint density at radius 2 is 1.78 bits per heavy atom. The van der Waals surface area contributed by atoms with Gasteiger partial charge in [0.2, 0.25) is 0 Å². The highest BCUT2D eigenvalue weighted by atomic mass is 32.2. The predicted octanol–water partition coefficient (Wildman–Crippen LogP) is 3.37. The molecule has 4 nitrogen and oxygen atoms in total. The molecule has 0 bridgehead atoms. The summed E-state index contributed by atoms with van der Waals surface area (Å²) < 4.78 is 12.9. The largest absolute Gasteiger partial charge is 0.300 e. The minimum Gasteiger partial charge on any atom is -0.300 e. The molecule has 0 unspecified atom stereocenters. The molecule has 3 rings (SSSR count). The molecule has 6 heteroatoms. The van der Waals surface area contributed by atoms with Gasteiger partial charge in [-0.15, -0.1) is 5.10 Å². The number of rotatable bonds is 2. The minimum absolute atomic E-state index is 0.328. The van der Waals surface area contributed by atoms with E-state index in [4.69, 9.17) is 0 Å². The van der Waals surface area contributed by atoms with E-state index in [1.807, 2.05) is 31.2 Å². The summed E-state index contributed by atoms with van der Waals surface area (Å²) in [5.74, 6) is -0.0745. The first-order chi connectivity index (χ1) is 11.1. The number of carbonyl (C=O) groups is 1. The number of aryl methyl sites for hydroxylation is 1. The third-order valence-corrected chi connectivity index (χ3v) is 4.19. The summed E-state index contributed by atoms with van der Waals surface area (Å²) in [4.78, 5) is 12.0. The number of hydrogen-bond donors (Lipinski definition) is 1. The Morgan fingerprint density at radius 3 is 2.39 bits per heavy atom. The first-order valence-electron chi connectivity index (χ1n) is 7.03. The van der Waals surface area contributed by atoms with Crippen molar-refractivity contribution in [2.24, 2.45) is 10.2 Å². The molecule has 0 spiro atoms. The molecule has 0 saturated carbocycles. The summed E-state index contributed by atoms with van der Waals surface area (Å²) in [6, 6.07) is 13.4. The molecule has 0 atom stereocenters. The van der Waals surface area contributed by atoms with Gasteiger partial charge in [0.1, 0.15) is 5.82 Å². The van der Waals surface area contributed by atoms with Crippen LogP contribution in [0.4, 0.5) is 4.39 Å². The number of nitrogens with zero attached hydrogens (tertiary/aromatic N) is 2. The highest BCUT2D eigenvalue weighted by Gasteiger charge is 2.15. The number of hydrogen-bond acceptors (Lipinski definition) is 4. The minimum atomic E-state index is -0.377. The predicted molar refractivity (Wildman–Crippen MR) is 91.5 cm³/mol. The van der Waals surface area contributed by atoms with Gasteiger partial charge in [0, 0.05) is 11.3 Å². The van der Waals surface area contributed by atoms with Crippen LogP contribution in [0.3, 0.4) is 0 Å². The molecule has 1 amide bonds. The monoisotopic (exact) mass is 327 g/mol. The fraction of sp³-hybridized carbons (Fsp3) is 0.118. The lowest BCUT2D eigenvalue weighted by Crippen LogP contribution is -2.30. The van der Waals surface area contributed by atoms with Crippen molar-refractivity contribution in [1.82, 2.24) is 5.32 Å². The van der Waals surface area contributed by atoms with E-state index < -0.39 is 0 Å². The zero-order chi connectivity index (χ0) is 16.2. The van der Waals surface area contributed by atoms with Crippen molar-refractivity contribution in [3.8, 4) is 0 Å². The summed E-state index contributed by atoms with van der Waals surface area (Å²) in [6.45, 7) is 2.03. The quantitative estimate of drug-likeness (QED) is 0.919. The topological polar surface area (TPSA) is 53.8 Å². The van der Waals surface area contributed by atoms with Gasteiger partial charge in [-0.25, -0.2) is 4.39 Å². The zero-order valence-electron chi connectivity index (χ0n) is 12.4. The first-order valence-corrected chi connectivity index (χ1v) is 8.02. The standard InChI is InChI=1S/C17H14FN3OS/c1-11-2-4-12(5-3-11)15-10-23-17(21-20-15)19-16(22)13-6-8-14(18)9-7-13/h2-9H,10H2,1H3,(H,19,21,22). The van der Waals surface area contributed by atoms with Crippen LogP contribution < -0.4 is 5.32 Å². The molecule has 2 aromatic carbocycles. The maximum Gasteiger partial charge on any atom is 0.257 e. The van der Waals surface area contributed by atoms with Gasteiger partial charge in [-0.1, -0.05) is 41.6 Å². The number of carbonyl (C=O) groups excluding carboxylic acids is 1. The van der Waals surface area contributed by atoms with Crippen LogP contribution in [0.25, 0.3) is 0 Å². The van der Waals surface area contributed by atoms with Crippen molar-refractivity contribution >= 4 is 28.5 Å². The molecule has 0 fully saturated rings. The molecular weight excluding hydrogens is 313 g/mol. The molecule has 1 aliphatic heterocycles. The van der Waals surface area contributed by atoms with E-state index in [1.54, 1.807) is 0 Å². The van der Waals surface area contributed by atoms with Crippen LogP contribution in [0.1, 0.15) is 21.5 Å². The van der Waals surface area contributed by atoms with Crippen molar-refractivity contribution in [3.05, 3.63) is 71.0 Å². The number of nitrogens with one attached hydrogen (secondary N) is 1. The third-order valence-electron chi connectivity index (χ3n) is 3.32. The van der Waals surface area contributed by atoms with Crippen molar-refractivity contribution in [3.63, 3.8) is 0 Å². The lowest BCUT2D eigenvalue weighted by atomic mass is 10.1.